The number of aromatic amines is 2. The van der Waals surface area contributed by atoms with Gasteiger partial charge < -0.3 is 66.8 Å². The van der Waals surface area contributed by atoms with Crippen LogP contribution < -0.4 is 28.4 Å². The molecule has 0 aliphatic carbocycles. The van der Waals surface area contributed by atoms with Crippen LogP contribution in [0.3, 0.4) is 0 Å². The second-order valence-electron chi connectivity index (χ2n) is 31.2. The zero-order chi connectivity index (χ0) is 80.3. The van der Waals surface area contributed by atoms with Gasteiger partial charge in [-0.25, -0.2) is 38.7 Å². The van der Waals surface area contributed by atoms with Crippen LogP contribution >= 0.6 is 0 Å². The van der Waals surface area contributed by atoms with Crippen LogP contribution in [0.4, 0.5) is 0 Å². The molecule has 2 aliphatic rings. The van der Waals surface area contributed by atoms with Crippen molar-refractivity contribution in [2.75, 3.05) is 39.6 Å². The number of benzene rings is 4. The highest BCUT2D eigenvalue weighted by Crippen LogP contribution is 2.47. The van der Waals surface area contributed by atoms with E-state index in [9.17, 15) is 39.3 Å². The molecule has 0 atom stereocenters. The fourth-order valence-corrected chi connectivity index (χ4v) is 10.8. The molecule has 7 aromatic rings. The van der Waals surface area contributed by atoms with Crippen LogP contribution in [0.1, 0.15) is 181 Å². The fraction of sp³-hybridized carbons (Fsp3) is 0.349. The summed E-state index contributed by atoms with van der Waals surface area (Å²) in [5, 5.41) is 19.5. The number of ether oxygens (including phenoxy) is 12. The Hall–Kier alpha value is -12.8. The van der Waals surface area contributed by atoms with Crippen LogP contribution in [0.2, 0.25) is 0 Å². The number of carbonyl (C=O) groups excluding carboxylic acids is 6. The molecular weight excluding hydrogens is 1400 g/mol. The highest BCUT2D eigenvalue weighted by molar-refractivity contribution is 5.97. The van der Waals surface area contributed by atoms with Crippen molar-refractivity contribution in [1.82, 2.24) is 19.9 Å². The Morgan fingerprint density at radius 3 is 0.809 bits per heavy atom. The van der Waals surface area contributed by atoms with E-state index in [2.05, 4.69) is 45.8 Å². The standard InChI is InChI=1S/C86H88N6O18/c1-81(2,3)105-71(93)45-99-67-39-55(40-68(100-46-72(94)106-82(4,5)6)79(67)103-49-75(97)109-85(13,14)15)77-63-35-31-59(89-63)57(29-27-51-19-23-53(43-87)24-20-51)61-33-37-65(91-61)78(66-38-34-62(92-66)58(60-32-36-64(77)90-60)30-28-52-21-25-54(44-88)26-22-52)56-41-69(101-47-73(95)107-83(7,8)9)80(104-50-76(98)110-86(16,17)18)70(42-56)102-48-74(96)108-84(10,11)12/h19-26,31-42,89,92H,45-50H2,1-18H3. The Morgan fingerprint density at radius 1 is 0.318 bits per heavy atom. The molecule has 0 amide bonds. The normalized spacial score (nSPS) is 11.9. The van der Waals surface area contributed by atoms with Gasteiger partial charge in [-0.3, -0.25) is 0 Å². The summed E-state index contributed by atoms with van der Waals surface area (Å²) in [4.78, 5) is 99.4. The SMILES string of the molecule is CC(C)(C)OC(=O)COc1cc(-c2c3nc(c(C#Cc4ccc(C#N)cc4)c4ccc([nH]4)c(-c4cc(OCC(=O)OC(C)(C)C)c(OCC(=O)OC(C)(C)C)c(OCC(=O)OC(C)(C)C)c4)c4nc(c(C#Cc5ccc(C#N)cc5)c5ccc2[nH]5)C=C4)C=C3)cc(OCC(=O)OC(C)(C)C)c1OCC(=O)OC(C)(C)C. The summed E-state index contributed by atoms with van der Waals surface area (Å²) in [6.45, 7) is 26.5. The molecule has 24 nitrogen and oxygen atoms in total. The lowest BCUT2D eigenvalue weighted by Crippen LogP contribution is -2.28. The molecule has 2 N–H and O–H groups in total. The third-order valence-corrected chi connectivity index (χ3v) is 14.6. The second kappa shape index (κ2) is 33.6. The van der Waals surface area contributed by atoms with Crippen molar-refractivity contribution in [3.05, 3.63) is 153 Å². The van der Waals surface area contributed by atoms with Gasteiger partial charge in [-0.15, -0.1) is 0 Å². The number of carbonyl (C=O) groups is 6. The van der Waals surface area contributed by atoms with Gasteiger partial charge in [0.05, 0.1) is 68.2 Å². The van der Waals surface area contributed by atoms with Gasteiger partial charge in [0.25, 0.3) is 0 Å². The predicted molar refractivity (Wildman–Crippen MR) is 412 cm³/mol. The van der Waals surface area contributed by atoms with Gasteiger partial charge in [-0.2, -0.15) is 10.5 Å². The molecule has 9 rings (SSSR count). The molecule has 24 heteroatoms. The summed E-state index contributed by atoms with van der Waals surface area (Å²) in [6, 6.07) is 31.1. The molecule has 2 aliphatic heterocycles. The van der Waals surface area contributed by atoms with E-state index >= 15 is 0 Å². The van der Waals surface area contributed by atoms with Gasteiger partial charge in [0, 0.05) is 33.3 Å². The van der Waals surface area contributed by atoms with Crippen molar-refractivity contribution in [2.24, 2.45) is 0 Å². The third-order valence-electron chi connectivity index (χ3n) is 14.6. The van der Waals surface area contributed by atoms with E-state index in [0.29, 0.717) is 100 Å². The molecule has 110 heavy (non-hydrogen) atoms. The molecule has 0 saturated carbocycles. The van der Waals surface area contributed by atoms with Gasteiger partial charge in [0.1, 0.15) is 33.6 Å². The number of aromatic nitrogens is 4. The Bertz CT molecular complexity index is 4760. The number of hydrogen-bond donors (Lipinski definition) is 2. The first-order valence-electron chi connectivity index (χ1n) is 35.2. The van der Waals surface area contributed by atoms with Crippen LogP contribution in [-0.2, 0) is 57.2 Å². The molecule has 0 unspecified atom stereocenters. The molecule has 5 heterocycles. The van der Waals surface area contributed by atoms with E-state index in [1.54, 1.807) is 246 Å². The van der Waals surface area contributed by atoms with Crippen molar-refractivity contribution in [2.45, 2.75) is 158 Å². The van der Waals surface area contributed by atoms with E-state index in [1.807, 2.05) is 0 Å². The first kappa shape index (κ1) is 81.3. The number of nitrogens with zero attached hydrogens (tertiary/aromatic N) is 4. The third kappa shape index (κ3) is 23.6. The Labute approximate surface area is 638 Å². The van der Waals surface area contributed by atoms with Crippen molar-refractivity contribution < 1.29 is 85.6 Å². The Kier molecular flexibility index (Phi) is 24.8. The maximum absolute atomic E-state index is 13.6. The zero-order valence-corrected chi connectivity index (χ0v) is 64.9. The van der Waals surface area contributed by atoms with Crippen LogP contribution in [0.25, 0.3) is 68.6 Å². The number of esters is 6. The monoisotopic (exact) mass is 1490 g/mol. The van der Waals surface area contributed by atoms with Crippen molar-refractivity contribution in [3.63, 3.8) is 0 Å². The molecule has 0 spiro atoms. The predicted octanol–water partition coefficient (Wildman–Crippen LogP) is 14.9. The zero-order valence-electron chi connectivity index (χ0n) is 64.9. The molecule has 0 radical (unpaired) electrons. The van der Waals surface area contributed by atoms with Crippen molar-refractivity contribution >= 4 is 82.2 Å². The molecule has 8 bridgehead atoms. The quantitative estimate of drug-likeness (QED) is 0.0407. The Balaban J connectivity index is 1.42. The second-order valence-corrected chi connectivity index (χ2v) is 31.2. The summed E-state index contributed by atoms with van der Waals surface area (Å²) in [7, 11) is 0. The summed E-state index contributed by atoms with van der Waals surface area (Å²) < 4.78 is 71.9. The minimum atomic E-state index is -0.927. The van der Waals surface area contributed by atoms with Crippen LogP contribution in [0.15, 0.2) is 97.1 Å². The van der Waals surface area contributed by atoms with E-state index in [1.165, 1.54) is 0 Å². The average molecular weight is 1490 g/mol. The lowest BCUT2D eigenvalue weighted by Gasteiger charge is -2.23. The van der Waals surface area contributed by atoms with E-state index in [4.69, 9.17) is 66.8 Å². The molecular formula is C86H88N6O18. The smallest absolute Gasteiger partial charge is 0.344 e. The lowest BCUT2D eigenvalue weighted by molar-refractivity contribution is -0.159. The molecule has 4 aromatic carbocycles. The summed E-state index contributed by atoms with van der Waals surface area (Å²) in [5.41, 5.74) is 1.24. The number of nitriles is 2. The first-order valence-corrected chi connectivity index (χ1v) is 35.2. The topological polar surface area (TPSA) is 318 Å². The summed E-state index contributed by atoms with van der Waals surface area (Å²) >= 11 is 0. The number of nitrogens with one attached hydrogen (secondary N) is 2. The molecule has 570 valence electrons. The maximum atomic E-state index is 13.6. The number of H-pyrrole nitrogens is 2. The molecule has 0 fully saturated rings. The van der Waals surface area contributed by atoms with Gasteiger partial charge in [-0.1, -0.05) is 23.7 Å². The van der Waals surface area contributed by atoms with Gasteiger partial charge >= 0.3 is 35.8 Å². The highest BCUT2D eigenvalue weighted by atomic mass is 16.6. The van der Waals surface area contributed by atoms with Crippen LogP contribution in [0.5, 0.6) is 34.5 Å². The van der Waals surface area contributed by atoms with Crippen LogP contribution in [0, 0.1) is 46.3 Å². The largest absolute Gasteiger partial charge is 0.478 e. The van der Waals surface area contributed by atoms with Gasteiger partial charge in [0.2, 0.25) is 11.5 Å². The maximum Gasteiger partial charge on any atom is 0.344 e. The van der Waals surface area contributed by atoms with E-state index < -0.39 is 109 Å². The van der Waals surface area contributed by atoms with Crippen molar-refractivity contribution in [1.29, 1.82) is 10.5 Å². The average Bonchev–Trinajstić information content (AvgIpc) is 1.55. The number of rotatable bonds is 20. The van der Waals surface area contributed by atoms with Gasteiger partial charge in [-0.05, 0) is 257 Å². The number of fused-ring (bicyclic) bond motifs is 8. The first-order chi connectivity index (χ1) is 51.5. The Morgan fingerprint density at radius 2 is 0.555 bits per heavy atom. The highest BCUT2D eigenvalue weighted by Gasteiger charge is 2.30. The number of hydrogen-bond acceptors (Lipinski definition) is 22. The van der Waals surface area contributed by atoms with E-state index in [0.717, 1.165) is 0 Å². The van der Waals surface area contributed by atoms with E-state index in [-0.39, 0.29) is 34.5 Å². The van der Waals surface area contributed by atoms with Gasteiger partial charge in [0.15, 0.2) is 62.6 Å². The minimum absolute atomic E-state index is 0.138. The van der Waals surface area contributed by atoms with Crippen LogP contribution in [-0.4, -0.2) is 129 Å². The molecule has 3 aromatic heterocycles. The minimum Gasteiger partial charge on any atom is -0.478 e. The van der Waals surface area contributed by atoms with Crippen molar-refractivity contribution in [3.8, 4) is 92.6 Å². The molecule has 0 saturated heterocycles. The summed E-state index contributed by atoms with van der Waals surface area (Å²) in [5.74, 6) is 7.76. The summed E-state index contributed by atoms with van der Waals surface area (Å²) in [6.07, 6.45) is 7.03. The fourth-order valence-electron chi connectivity index (χ4n) is 10.8. The lowest BCUT2D eigenvalue weighted by atomic mass is 10.0.